The van der Waals surface area contributed by atoms with Gasteiger partial charge in [0.25, 0.3) is 0 Å². The van der Waals surface area contributed by atoms with Crippen LogP contribution in [0.5, 0.6) is 11.5 Å². The Morgan fingerprint density at radius 3 is 2.93 bits per heavy atom. The third-order valence-corrected chi connectivity index (χ3v) is 2.66. The fourth-order valence-corrected chi connectivity index (χ4v) is 1.89. The fourth-order valence-electron chi connectivity index (χ4n) is 1.89. The van der Waals surface area contributed by atoms with Crippen LogP contribution in [0.15, 0.2) is 30.4 Å². The molecule has 0 heterocycles. The maximum Gasteiger partial charge on any atom is 0.161 e. The molecule has 1 atom stereocenters. The average Bonchev–Trinajstić information content (AvgIpc) is 2.71. The summed E-state index contributed by atoms with van der Waals surface area (Å²) in [4.78, 5) is 0. The standard InChI is InChI=1S/C12H14O2/c1-14-11-8-4-7-10(12(11)13)9-5-2-3-6-9/h2,4-5,7-9,13H,3,6H2,1H3. The second-order valence-corrected chi connectivity index (χ2v) is 3.51. The van der Waals surface area contributed by atoms with E-state index in [4.69, 9.17) is 4.74 Å². The lowest BCUT2D eigenvalue weighted by Gasteiger charge is -2.12. The number of aromatic hydroxyl groups is 1. The van der Waals surface area contributed by atoms with Crippen molar-refractivity contribution in [2.45, 2.75) is 18.8 Å². The fraction of sp³-hybridized carbons (Fsp3) is 0.333. The molecule has 74 valence electrons. The molecule has 1 aromatic carbocycles. The highest BCUT2D eigenvalue weighted by atomic mass is 16.5. The Morgan fingerprint density at radius 1 is 1.43 bits per heavy atom. The molecule has 1 unspecified atom stereocenters. The minimum absolute atomic E-state index is 0.284. The van der Waals surface area contributed by atoms with Gasteiger partial charge in [-0.05, 0) is 18.9 Å². The summed E-state index contributed by atoms with van der Waals surface area (Å²) in [5, 5.41) is 9.89. The van der Waals surface area contributed by atoms with E-state index in [2.05, 4.69) is 12.2 Å². The van der Waals surface area contributed by atoms with Gasteiger partial charge in [0.1, 0.15) is 0 Å². The normalized spacial score (nSPS) is 19.9. The second-order valence-electron chi connectivity index (χ2n) is 3.51. The van der Waals surface area contributed by atoms with Crippen LogP contribution in [-0.2, 0) is 0 Å². The van der Waals surface area contributed by atoms with Gasteiger partial charge in [-0.1, -0.05) is 24.3 Å². The summed E-state index contributed by atoms with van der Waals surface area (Å²) in [7, 11) is 1.57. The summed E-state index contributed by atoms with van der Waals surface area (Å²) in [6, 6.07) is 5.65. The number of benzene rings is 1. The lowest BCUT2D eigenvalue weighted by Crippen LogP contribution is -1.93. The molecule has 0 amide bonds. The Balaban J connectivity index is 2.37. The van der Waals surface area contributed by atoms with E-state index < -0.39 is 0 Å². The zero-order chi connectivity index (χ0) is 9.97. The van der Waals surface area contributed by atoms with Crippen LogP contribution in [0.3, 0.4) is 0 Å². The first-order valence-corrected chi connectivity index (χ1v) is 4.85. The van der Waals surface area contributed by atoms with E-state index in [1.54, 1.807) is 13.2 Å². The van der Waals surface area contributed by atoms with Gasteiger partial charge in [0, 0.05) is 11.5 Å². The number of methoxy groups -OCH3 is 1. The molecular weight excluding hydrogens is 176 g/mol. The molecule has 0 bridgehead atoms. The van der Waals surface area contributed by atoms with E-state index >= 15 is 0 Å². The summed E-state index contributed by atoms with van der Waals surface area (Å²) < 4.78 is 5.07. The molecule has 2 nitrogen and oxygen atoms in total. The summed E-state index contributed by atoms with van der Waals surface area (Å²) >= 11 is 0. The minimum atomic E-state index is 0.284. The van der Waals surface area contributed by atoms with E-state index in [0.717, 1.165) is 18.4 Å². The molecular formula is C12H14O2. The number of para-hydroxylation sites is 1. The van der Waals surface area contributed by atoms with Crippen LogP contribution >= 0.6 is 0 Å². The summed E-state index contributed by atoms with van der Waals surface area (Å²) in [6.07, 6.45) is 6.49. The van der Waals surface area contributed by atoms with Crippen molar-refractivity contribution in [2.75, 3.05) is 7.11 Å². The van der Waals surface area contributed by atoms with Crippen LogP contribution < -0.4 is 4.74 Å². The van der Waals surface area contributed by atoms with Gasteiger partial charge in [-0.3, -0.25) is 0 Å². The monoisotopic (exact) mass is 190 g/mol. The summed E-state index contributed by atoms with van der Waals surface area (Å²) in [5.74, 6) is 1.19. The van der Waals surface area contributed by atoms with Gasteiger partial charge in [-0.15, -0.1) is 0 Å². The van der Waals surface area contributed by atoms with Crippen LogP contribution in [0, 0.1) is 0 Å². The van der Waals surface area contributed by atoms with Crippen molar-refractivity contribution in [3.05, 3.63) is 35.9 Å². The van der Waals surface area contributed by atoms with Crippen molar-refractivity contribution in [3.8, 4) is 11.5 Å². The summed E-state index contributed by atoms with van der Waals surface area (Å²) in [6.45, 7) is 0. The van der Waals surface area contributed by atoms with Crippen LogP contribution in [-0.4, -0.2) is 12.2 Å². The Kier molecular flexibility index (Phi) is 2.44. The second kappa shape index (κ2) is 3.74. The van der Waals surface area contributed by atoms with Gasteiger partial charge in [-0.2, -0.15) is 0 Å². The predicted octanol–water partition coefficient (Wildman–Crippen LogP) is 2.83. The van der Waals surface area contributed by atoms with E-state index in [-0.39, 0.29) is 5.75 Å². The topological polar surface area (TPSA) is 29.5 Å². The number of rotatable bonds is 2. The third-order valence-electron chi connectivity index (χ3n) is 2.66. The van der Waals surface area contributed by atoms with Gasteiger partial charge in [0.15, 0.2) is 11.5 Å². The number of hydrogen-bond donors (Lipinski definition) is 1. The molecule has 0 spiro atoms. The predicted molar refractivity (Wildman–Crippen MR) is 55.8 cm³/mol. The Hall–Kier alpha value is -1.44. The number of phenolic OH excluding ortho intramolecular Hbond substituents is 1. The molecule has 2 heteroatoms. The number of ether oxygens (including phenoxy) is 1. The van der Waals surface area contributed by atoms with E-state index in [1.165, 1.54) is 0 Å². The van der Waals surface area contributed by atoms with Gasteiger partial charge in [0.2, 0.25) is 0 Å². The van der Waals surface area contributed by atoms with E-state index in [1.807, 2.05) is 12.1 Å². The molecule has 0 saturated heterocycles. The van der Waals surface area contributed by atoms with Crippen LogP contribution in [0.4, 0.5) is 0 Å². The molecule has 0 radical (unpaired) electrons. The van der Waals surface area contributed by atoms with Crippen LogP contribution in [0.1, 0.15) is 24.3 Å². The Labute approximate surface area is 83.8 Å². The Bertz CT molecular complexity index is 355. The maximum atomic E-state index is 9.89. The van der Waals surface area contributed by atoms with Crippen molar-refractivity contribution in [3.63, 3.8) is 0 Å². The Morgan fingerprint density at radius 2 is 2.29 bits per heavy atom. The molecule has 1 aliphatic carbocycles. The smallest absolute Gasteiger partial charge is 0.161 e. The molecule has 14 heavy (non-hydrogen) atoms. The van der Waals surface area contributed by atoms with E-state index in [9.17, 15) is 5.11 Å². The lowest BCUT2D eigenvalue weighted by atomic mass is 9.97. The van der Waals surface area contributed by atoms with Gasteiger partial charge in [0.05, 0.1) is 7.11 Å². The highest BCUT2D eigenvalue weighted by Crippen LogP contribution is 2.38. The lowest BCUT2D eigenvalue weighted by molar-refractivity contribution is 0.369. The molecule has 1 N–H and O–H groups in total. The quantitative estimate of drug-likeness (QED) is 0.726. The SMILES string of the molecule is COc1cccc(C2C=CCC2)c1O. The van der Waals surface area contributed by atoms with Gasteiger partial charge < -0.3 is 9.84 Å². The van der Waals surface area contributed by atoms with Crippen molar-refractivity contribution in [1.29, 1.82) is 0 Å². The first kappa shape index (κ1) is 9.13. The molecule has 0 aromatic heterocycles. The minimum Gasteiger partial charge on any atom is -0.504 e. The van der Waals surface area contributed by atoms with Crippen molar-refractivity contribution < 1.29 is 9.84 Å². The first-order valence-electron chi connectivity index (χ1n) is 4.85. The highest BCUT2D eigenvalue weighted by molar-refractivity contribution is 5.48. The molecule has 0 aliphatic heterocycles. The van der Waals surface area contributed by atoms with Crippen molar-refractivity contribution in [1.82, 2.24) is 0 Å². The molecule has 2 rings (SSSR count). The molecule has 1 aromatic rings. The average molecular weight is 190 g/mol. The molecule has 1 aliphatic rings. The van der Waals surface area contributed by atoms with Crippen molar-refractivity contribution >= 4 is 0 Å². The maximum absolute atomic E-state index is 9.89. The first-order chi connectivity index (χ1) is 6.83. The van der Waals surface area contributed by atoms with Crippen LogP contribution in [0.25, 0.3) is 0 Å². The largest absolute Gasteiger partial charge is 0.504 e. The number of phenols is 1. The number of allylic oxidation sites excluding steroid dienone is 2. The van der Waals surface area contributed by atoms with Gasteiger partial charge in [-0.25, -0.2) is 0 Å². The van der Waals surface area contributed by atoms with Crippen molar-refractivity contribution in [2.24, 2.45) is 0 Å². The molecule has 0 fully saturated rings. The van der Waals surface area contributed by atoms with Crippen LogP contribution in [0.2, 0.25) is 0 Å². The van der Waals surface area contributed by atoms with E-state index in [0.29, 0.717) is 11.7 Å². The van der Waals surface area contributed by atoms with Gasteiger partial charge >= 0.3 is 0 Å². The zero-order valence-electron chi connectivity index (χ0n) is 8.23. The third kappa shape index (κ3) is 1.48. The highest BCUT2D eigenvalue weighted by Gasteiger charge is 2.17. The number of hydrogen-bond acceptors (Lipinski definition) is 2. The molecule has 0 saturated carbocycles. The zero-order valence-corrected chi connectivity index (χ0v) is 8.23. The summed E-state index contributed by atoms with van der Waals surface area (Å²) in [5.41, 5.74) is 0.970.